The van der Waals surface area contributed by atoms with Crippen molar-refractivity contribution in [2.24, 2.45) is 5.92 Å². The fraction of sp³-hybridized carbons (Fsp3) is 0.488. The van der Waals surface area contributed by atoms with Gasteiger partial charge in [0.25, 0.3) is 0 Å². The topological polar surface area (TPSA) is 0 Å². The third-order valence-corrected chi connectivity index (χ3v) is 10.4. The van der Waals surface area contributed by atoms with Crippen molar-refractivity contribution in [3.05, 3.63) is 93.6 Å². The van der Waals surface area contributed by atoms with Crippen molar-refractivity contribution in [3.63, 3.8) is 0 Å². The van der Waals surface area contributed by atoms with Crippen LogP contribution in [-0.2, 0) is 41.5 Å². The summed E-state index contributed by atoms with van der Waals surface area (Å²) in [7, 11) is 0. The first-order valence-corrected chi connectivity index (χ1v) is 17.5. The van der Waals surface area contributed by atoms with Crippen molar-refractivity contribution in [3.8, 4) is 11.1 Å². The Bertz CT molecular complexity index is 1380. The van der Waals surface area contributed by atoms with Crippen LogP contribution in [0.5, 0.6) is 0 Å². The summed E-state index contributed by atoms with van der Waals surface area (Å²) in [6, 6.07) is 9.81. The zero-order valence-corrected chi connectivity index (χ0v) is 32.8. The van der Waals surface area contributed by atoms with Gasteiger partial charge in [0.05, 0.1) is 0 Å². The van der Waals surface area contributed by atoms with Gasteiger partial charge in [0.2, 0.25) is 0 Å². The molecule has 0 saturated heterocycles. The van der Waals surface area contributed by atoms with Gasteiger partial charge in [-0.3, -0.25) is 12.2 Å². The van der Waals surface area contributed by atoms with Crippen LogP contribution in [0.1, 0.15) is 141 Å². The molecule has 0 aromatic heterocycles. The number of allylic oxidation sites excluding steroid dienone is 8. The minimum absolute atomic E-state index is 0. The number of benzene rings is 2. The van der Waals surface area contributed by atoms with E-state index in [1.165, 1.54) is 99.8 Å². The zero-order chi connectivity index (χ0) is 30.8. The molecule has 0 bridgehead atoms. The van der Waals surface area contributed by atoms with Crippen LogP contribution in [0.15, 0.2) is 48.1 Å². The Morgan fingerprint density at radius 2 is 1.36 bits per heavy atom. The van der Waals surface area contributed by atoms with E-state index in [4.69, 9.17) is 0 Å². The first-order valence-electron chi connectivity index (χ1n) is 16.3. The third-order valence-electron chi connectivity index (χ3n) is 9.18. The van der Waals surface area contributed by atoms with Crippen LogP contribution < -0.4 is 24.8 Å². The minimum Gasteiger partial charge on any atom is -1.00 e. The molecule has 1 atom stereocenters. The Labute approximate surface area is 297 Å². The maximum atomic E-state index is 3.65. The largest absolute Gasteiger partial charge is 1.00 e. The number of unbranched alkanes of at least 4 members (excludes halogenated alkanes) is 2. The normalized spacial score (nSPS) is 18.5. The summed E-state index contributed by atoms with van der Waals surface area (Å²) >= 11 is 1.67. The van der Waals surface area contributed by atoms with Gasteiger partial charge in [0.15, 0.2) is 0 Å². The fourth-order valence-corrected chi connectivity index (χ4v) is 7.80. The quantitative estimate of drug-likeness (QED) is 0.298. The second kappa shape index (κ2) is 16.0. The molecule has 2 aromatic carbocycles. The first kappa shape index (κ1) is 38.9. The van der Waals surface area contributed by atoms with Gasteiger partial charge in [-0.15, -0.1) is 18.6 Å². The molecule has 0 saturated carbocycles. The SMILES string of the molecule is CC1=CC(C)[C-]=C1.CC1=[C-]C(C)(C)c2cc3c(cc21)-c1cc2c(cc1C3)C(C)(C)C=C2C.CCCC[C](=[Zr+2])CCCC.[Cl-].[Cl-]. The third kappa shape index (κ3) is 8.75. The molecule has 44 heavy (non-hydrogen) atoms. The van der Waals surface area contributed by atoms with Crippen molar-refractivity contribution in [2.45, 2.75) is 125 Å². The van der Waals surface area contributed by atoms with Crippen LogP contribution in [-0.4, -0.2) is 3.21 Å². The molecule has 0 nitrogen and oxygen atoms in total. The molecule has 0 spiro atoms. The van der Waals surface area contributed by atoms with Crippen molar-refractivity contribution >= 4 is 14.4 Å². The van der Waals surface area contributed by atoms with Crippen LogP contribution in [0.3, 0.4) is 0 Å². The van der Waals surface area contributed by atoms with Crippen LogP contribution in [0.4, 0.5) is 0 Å². The van der Waals surface area contributed by atoms with Gasteiger partial charge in [-0.1, -0.05) is 71.1 Å². The van der Waals surface area contributed by atoms with Gasteiger partial charge in [0.1, 0.15) is 0 Å². The van der Waals surface area contributed by atoms with Crippen molar-refractivity contribution in [1.29, 1.82) is 0 Å². The summed E-state index contributed by atoms with van der Waals surface area (Å²) < 4.78 is 1.79. The van der Waals surface area contributed by atoms with E-state index in [9.17, 15) is 0 Å². The maximum Gasteiger partial charge on any atom is -1.00 e. The molecule has 0 fully saturated rings. The van der Waals surface area contributed by atoms with Crippen molar-refractivity contribution in [2.75, 3.05) is 0 Å². The standard InChI is InChI=1S/C25H25.C9H18.C7H9.2ClH.Zr/c1-14-12-24(3,4)22-8-16-7-17-9-23-19(15(2)13-25(23,5)6)11-21(17)20(16)10-18(14)22;1-3-5-7-9-8-6-4-2;1-6-3-4-7(2)5-6;;;/h8-12H,7H2,1-6H3;3-8H2,1-2H3;3,5,7H,1-2H3;2*1H;/q-1;;-1;;;+2/p-2. The van der Waals surface area contributed by atoms with Crippen LogP contribution >= 0.6 is 0 Å². The zero-order valence-electron chi connectivity index (χ0n) is 28.8. The number of hydrogen-bond donors (Lipinski definition) is 0. The molecule has 236 valence electrons. The van der Waals surface area contributed by atoms with Crippen LogP contribution in [0.2, 0.25) is 0 Å². The molecular weight excluding hydrogens is 655 g/mol. The molecule has 4 aliphatic carbocycles. The Kier molecular flexibility index (Phi) is 14.2. The summed E-state index contributed by atoms with van der Waals surface area (Å²) in [5.41, 5.74) is 15.9. The second-order valence-corrected chi connectivity index (χ2v) is 15.8. The summed E-state index contributed by atoms with van der Waals surface area (Å²) in [6.07, 6.45) is 22.8. The Morgan fingerprint density at radius 1 is 0.818 bits per heavy atom. The van der Waals surface area contributed by atoms with Gasteiger partial charge >= 0.3 is 79.8 Å². The molecule has 6 rings (SSSR count). The maximum absolute atomic E-state index is 3.65. The van der Waals surface area contributed by atoms with E-state index in [1.54, 1.807) is 27.4 Å². The average molecular weight is 707 g/mol. The number of hydrogen-bond acceptors (Lipinski definition) is 0. The summed E-state index contributed by atoms with van der Waals surface area (Å²) in [4.78, 5) is 0. The van der Waals surface area contributed by atoms with E-state index in [2.05, 4.69) is 118 Å². The van der Waals surface area contributed by atoms with E-state index in [0.717, 1.165) is 6.42 Å². The molecule has 0 amide bonds. The molecule has 0 N–H and O–H groups in total. The fourth-order valence-electron chi connectivity index (χ4n) is 6.93. The molecule has 0 heterocycles. The van der Waals surface area contributed by atoms with E-state index >= 15 is 0 Å². The van der Waals surface area contributed by atoms with E-state index in [-0.39, 0.29) is 35.6 Å². The molecule has 0 aliphatic heterocycles. The summed E-state index contributed by atoms with van der Waals surface area (Å²) in [5, 5.41) is 0. The molecule has 2 aromatic rings. The molecular formula is C41H52Cl2Zr-2. The monoisotopic (exact) mass is 704 g/mol. The smallest absolute Gasteiger partial charge is 1.00 e. The van der Waals surface area contributed by atoms with E-state index in [0.29, 0.717) is 5.92 Å². The number of halogens is 2. The molecule has 4 aliphatic rings. The van der Waals surface area contributed by atoms with Gasteiger partial charge in [-0.05, 0) is 58.4 Å². The number of fused-ring (bicyclic) bond motifs is 5. The van der Waals surface area contributed by atoms with Crippen molar-refractivity contribution < 1.29 is 49.0 Å². The van der Waals surface area contributed by atoms with Crippen LogP contribution in [0.25, 0.3) is 22.3 Å². The summed E-state index contributed by atoms with van der Waals surface area (Å²) in [6.45, 7) is 22.4. The molecule has 0 radical (unpaired) electrons. The van der Waals surface area contributed by atoms with Gasteiger partial charge in [-0.2, -0.15) is 11.6 Å². The average Bonchev–Trinajstić information content (AvgIpc) is 3.61. The van der Waals surface area contributed by atoms with Crippen LogP contribution in [0, 0.1) is 18.1 Å². The van der Waals surface area contributed by atoms with E-state index in [1.807, 2.05) is 6.08 Å². The second-order valence-electron chi connectivity index (χ2n) is 14.0. The summed E-state index contributed by atoms with van der Waals surface area (Å²) in [5.74, 6) is 0.556. The predicted molar refractivity (Wildman–Crippen MR) is 182 cm³/mol. The minimum atomic E-state index is 0. The van der Waals surface area contributed by atoms with E-state index < -0.39 is 0 Å². The van der Waals surface area contributed by atoms with Gasteiger partial charge < -0.3 is 24.8 Å². The Morgan fingerprint density at radius 3 is 1.84 bits per heavy atom. The Hall–Kier alpha value is -1.27. The van der Waals surface area contributed by atoms with Crippen molar-refractivity contribution in [1.82, 2.24) is 0 Å². The molecule has 1 unspecified atom stereocenters. The van der Waals surface area contributed by atoms with Gasteiger partial charge in [0, 0.05) is 5.41 Å². The Balaban J connectivity index is 0.000000297. The van der Waals surface area contributed by atoms with Gasteiger partial charge in [-0.25, -0.2) is 17.2 Å². The predicted octanol–water partition coefficient (Wildman–Crippen LogP) is 5.49. The molecule has 3 heteroatoms. The number of rotatable bonds is 6. The first-order chi connectivity index (χ1) is 19.8.